The van der Waals surface area contributed by atoms with E-state index in [1.165, 1.54) is 34.9 Å². The Bertz CT molecular complexity index is 2270. The lowest BCUT2D eigenvalue weighted by Gasteiger charge is -2.22. The number of aromatic nitrogens is 1. The Labute approximate surface area is 263 Å². The summed E-state index contributed by atoms with van der Waals surface area (Å²) in [6, 6.07) is 15.9. The van der Waals surface area contributed by atoms with Crippen LogP contribution in [-0.2, 0) is 9.53 Å². The number of carbonyl (C=O) groups excluding carboxylic acids is 1. The molecule has 14 heteroatoms. The van der Waals surface area contributed by atoms with Crippen molar-refractivity contribution in [3.63, 3.8) is 0 Å². The van der Waals surface area contributed by atoms with E-state index >= 15 is 0 Å². The largest absolute Gasteiger partial charge is 0.463 e. The van der Waals surface area contributed by atoms with E-state index in [-0.39, 0.29) is 33.8 Å². The molecule has 2 aromatic carbocycles. The van der Waals surface area contributed by atoms with Crippen molar-refractivity contribution in [2.75, 3.05) is 6.61 Å². The lowest BCUT2D eigenvalue weighted by atomic mass is 10.0. The van der Waals surface area contributed by atoms with Gasteiger partial charge in [0.05, 0.1) is 32.3 Å². The van der Waals surface area contributed by atoms with Gasteiger partial charge < -0.3 is 13.6 Å². The molecule has 1 atom stereocenters. The van der Waals surface area contributed by atoms with Crippen LogP contribution in [0.15, 0.2) is 96.6 Å². The lowest BCUT2D eigenvalue weighted by Crippen LogP contribution is -2.39. The van der Waals surface area contributed by atoms with Crippen LogP contribution in [0.4, 0.5) is 11.4 Å². The highest BCUT2D eigenvalue weighted by atomic mass is 32.1. The monoisotopic (exact) mass is 640 g/mol. The summed E-state index contributed by atoms with van der Waals surface area (Å²) in [7, 11) is 0. The number of hydrogen-bond acceptors (Lipinski definition) is 11. The lowest BCUT2D eigenvalue weighted by molar-refractivity contribution is -0.385. The molecule has 0 aliphatic carbocycles. The highest BCUT2D eigenvalue weighted by molar-refractivity contribution is 7.07. The number of esters is 1. The average molecular weight is 641 g/mol. The molecule has 0 spiro atoms. The molecule has 232 valence electrons. The van der Waals surface area contributed by atoms with Gasteiger partial charge in [0.2, 0.25) is 0 Å². The molecule has 0 saturated heterocycles. The zero-order chi connectivity index (χ0) is 32.7. The van der Waals surface area contributed by atoms with Crippen molar-refractivity contribution in [1.29, 1.82) is 0 Å². The molecular formula is C32H24N4O9S. The van der Waals surface area contributed by atoms with Gasteiger partial charge in [-0.05, 0) is 50.6 Å². The van der Waals surface area contributed by atoms with Gasteiger partial charge in [0, 0.05) is 41.5 Å². The number of ether oxygens (including phenoxy) is 1. The number of furan rings is 2. The fourth-order valence-corrected chi connectivity index (χ4v) is 6.21. The molecule has 46 heavy (non-hydrogen) atoms. The molecule has 13 nitrogen and oxygen atoms in total. The van der Waals surface area contributed by atoms with E-state index in [4.69, 9.17) is 13.6 Å². The summed E-state index contributed by atoms with van der Waals surface area (Å²) in [4.78, 5) is 53.7. The van der Waals surface area contributed by atoms with Gasteiger partial charge in [-0.25, -0.2) is 9.79 Å². The number of benzene rings is 2. The normalized spacial score (nSPS) is 14.6. The number of allylic oxidation sites excluding steroid dienone is 1. The van der Waals surface area contributed by atoms with Crippen LogP contribution < -0.4 is 14.9 Å². The van der Waals surface area contributed by atoms with Gasteiger partial charge in [-0.3, -0.25) is 29.6 Å². The summed E-state index contributed by atoms with van der Waals surface area (Å²) in [5.41, 5.74) is 1.51. The van der Waals surface area contributed by atoms with Gasteiger partial charge in [-0.15, -0.1) is 0 Å². The second-order valence-corrected chi connectivity index (χ2v) is 11.3. The van der Waals surface area contributed by atoms with E-state index in [2.05, 4.69) is 4.99 Å². The van der Waals surface area contributed by atoms with Crippen LogP contribution in [0.3, 0.4) is 0 Å². The molecule has 4 heterocycles. The average Bonchev–Trinajstić information content (AvgIpc) is 3.77. The molecule has 1 aliphatic heterocycles. The minimum absolute atomic E-state index is 0.0849. The fourth-order valence-electron chi connectivity index (χ4n) is 5.18. The van der Waals surface area contributed by atoms with Crippen molar-refractivity contribution in [2.24, 2.45) is 4.99 Å². The van der Waals surface area contributed by atoms with E-state index in [1.54, 1.807) is 63.2 Å². The molecule has 0 amide bonds. The van der Waals surface area contributed by atoms with Crippen LogP contribution in [0.5, 0.6) is 0 Å². The number of hydrogen-bond donors (Lipinski definition) is 0. The van der Waals surface area contributed by atoms with Gasteiger partial charge in [0.15, 0.2) is 4.80 Å². The maximum atomic E-state index is 14.0. The van der Waals surface area contributed by atoms with Crippen molar-refractivity contribution in [2.45, 2.75) is 26.8 Å². The smallest absolute Gasteiger partial charge is 0.338 e. The Kier molecular flexibility index (Phi) is 7.79. The number of nitrogens with zero attached hydrogens (tertiary/aromatic N) is 4. The van der Waals surface area contributed by atoms with Crippen LogP contribution in [0, 0.1) is 27.2 Å². The minimum atomic E-state index is -1.04. The SMILES string of the molecule is CCOC(=O)C1=C(C)N=c2s/c(=C\c3ccc(-c4cccc([N+](=O)[O-])c4)o3)c(=O)n2[C@@H]1c1ccc(-c2cc([N+](=O)[O-])ccc2C)o1. The van der Waals surface area contributed by atoms with Gasteiger partial charge in [-0.1, -0.05) is 29.5 Å². The standard InChI is InChI=1S/C32H24N4O9S/c1-4-43-31(38)28-18(3)33-32-34(29(28)26-13-12-25(45-26)23-15-21(36(41)42)9-8-17(23)2)30(37)27(46-32)16-22-10-11-24(44-22)19-6-5-7-20(14-19)35(39)40/h5-16,29H,4H2,1-3H3/b27-16-/t29-/m1/s1. The quantitative estimate of drug-likeness (QED) is 0.121. The third kappa shape index (κ3) is 5.45. The molecule has 0 bridgehead atoms. The van der Waals surface area contributed by atoms with E-state index in [0.29, 0.717) is 38.9 Å². The minimum Gasteiger partial charge on any atom is -0.463 e. The van der Waals surface area contributed by atoms with Crippen molar-refractivity contribution in [1.82, 2.24) is 4.57 Å². The molecule has 0 saturated carbocycles. The van der Waals surface area contributed by atoms with Crippen molar-refractivity contribution in [3.05, 3.63) is 135 Å². The van der Waals surface area contributed by atoms with Gasteiger partial charge in [0.1, 0.15) is 29.1 Å². The van der Waals surface area contributed by atoms with Crippen LogP contribution in [0.25, 0.3) is 28.7 Å². The van der Waals surface area contributed by atoms with Crippen LogP contribution in [0.2, 0.25) is 0 Å². The Morgan fingerprint density at radius 1 is 1.00 bits per heavy atom. The van der Waals surface area contributed by atoms with Crippen molar-refractivity contribution < 1.29 is 28.2 Å². The fraction of sp³-hybridized carbons (Fsp3) is 0.156. The summed E-state index contributed by atoms with van der Waals surface area (Å²) in [5, 5.41) is 22.6. The Morgan fingerprint density at radius 2 is 1.74 bits per heavy atom. The number of fused-ring (bicyclic) bond motifs is 1. The van der Waals surface area contributed by atoms with Gasteiger partial charge >= 0.3 is 5.97 Å². The zero-order valence-electron chi connectivity index (χ0n) is 24.6. The van der Waals surface area contributed by atoms with Crippen LogP contribution in [-0.4, -0.2) is 27.0 Å². The molecule has 1 aliphatic rings. The number of non-ortho nitro benzene ring substituents is 2. The summed E-state index contributed by atoms with van der Waals surface area (Å²) >= 11 is 1.08. The zero-order valence-corrected chi connectivity index (χ0v) is 25.4. The highest BCUT2D eigenvalue weighted by Crippen LogP contribution is 2.36. The predicted molar refractivity (Wildman–Crippen MR) is 167 cm³/mol. The molecule has 5 aromatic rings. The number of nitro benzene ring substituents is 2. The summed E-state index contributed by atoms with van der Waals surface area (Å²) in [5.74, 6) is 0.587. The molecular weight excluding hydrogens is 616 g/mol. The van der Waals surface area contributed by atoms with E-state index in [9.17, 15) is 29.8 Å². The predicted octanol–water partition coefficient (Wildman–Crippen LogP) is 5.44. The molecule has 3 aromatic heterocycles. The number of thiazole rings is 1. The highest BCUT2D eigenvalue weighted by Gasteiger charge is 2.35. The number of nitro groups is 2. The second-order valence-electron chi connectivity index (χ2n) is 10.3. The number of aryl methyl sites for hydroxylation is 1. The first-order chi connectivity index (χ1) is 22.0. The Balaban J connectivity index is 1.46. The van der Waals surface area contributed by atoms with Gasteiger partial charge in [0.25, 0.3) is 16.9 Å². The third-order valence-electron chi connectivity index (χ3n) is 7.35. The molecule has 0 N–H and O–H groups in total. The van der Waals surface area contributed by atoms with Crippen LogP contribution >= 0.6 is 11.3 Å². The molecule has 6 rings (SSSR count). The number of carbonyl (C=O) groups is 1. The maximum Gasteiger partial charge on any atom is 0.338 e. The summed E-state index contributed by atoms with van der Waals surface area (Å²) < 4.78 is 19.1. The van der Waals surface area contributed by atoms with Gasteiger partial charge in [-0.2, -0.15) is 0 Å². The third-order valence-corrected chi connectivity index (χ3v) is 8.34. The summed E-state index contributed by atoms with van der Waals surface area (Å²) in [6.07, 6.45) is 1.53. The van der Waals surface area contributed by atoms with Crippen molar-refractivity contribution in [3.8, 4) is 22.6 Å². The first-order valence-corrected chi connectivity index (χ1v) is 14.8. The van der Waals surface area contributed by atoms with E-state index in [0.717, 1.165) is 16.9 Å². The van der Waals surface area contributed by atoms with Crippen LogP contribution in [0.1, 0.15) is 37.0 Å². The Hall–Kier alpha value is -5.89. The first kappa shape index (κ1) is 30.1. The molecule has 0 radical (unpaired) electrons. The Morgan fingerprint density at radius 3 is 2.48 bits per heavy atom. The van der Waals surface area contributed by atoms with E-state index < -0.39 is 27.4 Å². The number of rotatable bonds is 8. The molecule has 0 unspecified atom stereocenters. The summed E-state index contributed by atoms with van der Waals surface area (Å²) in [6.45, 7) is 5.19. The topological polar surface area (TPSA) is 173 Å². The molecule has 0 fully saturated rings. The first-order valence-electron chi connectivity index (χ1n) is 13.9. The second kappa shape index (κ2) is 11.9. The van der Waals surface area contributed by atoms with E-state index in [1.807, 2.05) is 0 Å². The van der Waals surface area contributed by atoms with Crippen molar-refractivity contribution >= 4 is 34.8 Å². The maximum absolute atomic E-state index is 14.0.